The minimum Gasteiger partial charge on any atom is -0.306 e. The van der Waals surface area contributed by atoms with Gasteiger partial charge >= 0.3 is 0 Å². The van der Waals surface area contributed by atoms with E-state index in [1.54, 1.807) is 29.6 Å². The quantitative estimate of drug-likeness (QED) is 0.743. The van der Waals surface area contributed by atoms with Gasteiger partial charge in [0.1, 0.15) is 5.82 Å². The SMILES string of the molecule is O=C1Cc2ncc(-c3cccc(F)c3)cc2N1Cc1cccnc1. The lowest BCUT2D eigenvalue weighted by molar-refractivity contribution is -0.117. The lowest BCUT2D eigenvalue weighted by atomic mass is 10.1. The Morgan fingerprint density at radius 1 is 1.08 bits per heavy atom. The van der Waals surface area contributed by atoms with Crippen molar-refractivity contribution in [3.05, 3.63) is 78.1 Å². The Labute approximate surface area is 138 Å². The highest BCUT2D eigenvalue weighted by molar-refractivity contribution is 6.01. The Morgan fingerprint density at radius 3 is 2.79 bits per heavy atom. The van der Waals surface area contributed by atoms with Gasteiger partial charge in [0.05, 0.1) is 24.3 Å². The molecule has 1 aromatic carbocycles. The van der Waals surface area contributed by atoms with E-state index in [2.05, 4.69) is 9.97 Å². The van der Waals surface area contributed by atoms with Crippen LogP contribution in [0.15, 0.2) is 61.1 Å². The van der Waals surface area contributed by atoms with Gasteiger partial charge in [-0.2, -0.15) is 0 Å². The molecule has 24 heavy (non-hydrogen) atoms. The zero-order valence-corrected chi connectivity index (χ0v) is 12.8. The maximum atomic E-state index is 13.5. The molecular formula is C19H14FN3O. The van der Waals surface area contributed by atoms with Crippen LogP contribution in [0.3, 0.4) is 0 Å². The topological polar surface area (TPSA) is 46.1 Å². The van der Waals surface area contributed by atoms with Crippen molar-refractivity contribution in [2.75, 3.05) is 4.90 Å². The number of fused-ring (bicyclic) bond motifs is 1. The molecule has 0 N–H and O–H groups in total. The Hall–Kier alpha value is -3.08. The third-order valence-electron chi connectivity index (χ3n) is 4.08. The van der Waals surface area contributed by atoms with Gasteiger partial charge in [-0.25, -0.2) is 4.39 Å². The van der Waals surface area contributed by atoms with E-state index in [0.717, 1.165) is 28.1 Å². The standard InChI is InChI=1S/C19H14FN3O/c20-16-5-1-4-14(7-16)15-8-18-17(22-11-15)9-19(24)23(18)12-13-3-2-6-21-10-13/h1-8,10-11H,9,12H2. The fourth-order valence-electron chi connectivity index (χ4n) is 2.90. The minimum atomic E-state index is -0.295. The number of hydrogen-bond donors (Lipinski definition) is 0. The summed E-state index contributed by atoms with van der Waals surface area (Å²) in [6.45, 7) is 0.452. The van der Waals surface area contributed by atoms with E-state index in [9.17, 15) is 9.18 Å². The largest absolute Gasteiger partial charge is 0.306 e. The van der Waals surface area contributed by atoms with E-state index < -0.39 is 0 Å². The van der Waals surface area contributed by atoms with Gasteiger partial charge in [-0.3, -0.25) is 14.8 Å². The summed E-state index contributed by atoms with van der Waals surface area (Å²) in [6, 6.07) is 12.0. The molecule has 0 aliphatic carbocycles. The Morgan fingerprint density at radius 2 is 2.00 bits per heavy atom. The highest BCUT2D eigenvalue weighted by Crippen LogP contribution is 2.32. The number of halogens is 1. The number of rotatable bonds is 3. The highest BCUT2D eigenvalue weighted by Gasteiger charge is 2.28. The van der Waals surface area contributed by atoms with Crippen LogP contribution in [0.5, 0.6) is 0 Å². The Kier molecular flexibility index (Phi) is 3.54. The van der Waals surface area contributed by atoms with E-state index in [4.69, 9.17) is 0 Å². The molecule has 5 heteroatoms. The molecule has 1 amide bonds. The zero-order valence-electron chi connectivity index (χ0n) is 12.8. The number of carbonyl (C=O) groups excluding carboxylic acids is 1. The van der Waals surface area contributed by atoms with Crippen molar-refractivity contribution in [2.45, 2.75) is 13.0 Å². The number of hydrogen-bond acceptors (Lipinski definition) is 3. The fourth-order valence-corrected chi connectivity index (χ4v) is 2.90. The molecular weight excluding hydrogens is 305 g/mol. The first-order valence-electron chi connectivity index (χ1n) is 7.65. The smallest absolute Gasteiger partial charge is 0.233 e. The average Bonchev–Trinajstić information content (AvgIpc) is 2.91. The maximum absolute atomic E-state index is 13.5. The van der Waals surface area contributed by atoms with Crippen LogP contribution in [0, 0.1) is 5.82 Å². The Bertz CT molecular complexity index is 911. The summed E-state index contributed by atoms with van der Waals surface area (Å²) in [5.41, 5.74) is 4.02. The normalized spacial score (nSPS) is 13.2. The van der Waals surface area contributed by atoms with Crippen molar-refractivity contribution < 1.29 is 9.18 Å². The van der Waals surface area contributed by atoms with Gasteiger partial charge in [0, 0.05) is 24.2 Å². The van der Waals surface area contributed by atoms with Gasteiger partial charge in [0.15, 0.2) is 0 Å². The van der Waals surface area contributed by atoms with Gasteiger partial charge in [0.2, 0.25) is 5.91 Å². The van der Waals surface area contributed by atoms with Crippen LogP contribution in [0.25, 0.3) is 11.1 Å². The Balaban J connectivity index is 1.71. The van der Waals surface area contributed by atoms with Crippen molar-refractivity contribution >= 4 is 11.6 Å². The summed E-state index contributed by atoms with van der Waals surface area (Å²) in [6.07, 6.45) is 5.43. The maximum Gasteiger partial charge on any atom is 0.233 e. The van der Waals surface area contributed by atoms with Gasteiger partial charge in [-0.1, -0.05) is 18.2 Å². The van der Waals surface area contributed by atoms with Crippen LogP contribution in [-0.2, 0) is 17.8 Å². The number of amides is 1. The molecule has 4 rings (SSSR count). The number of nitrogens with zero attached hydrogens (tertiary/aromatic N) is 3. The monoisotopic (exact) mass is 319 g/mol. The molecule has 0 fully saturated rings. The fraction of sp³-hybridized carbons (Fsp3) is 0.105. The first kappa shape index (κ1) is 14.5. The molecule has 2 aromatic heterocycles. The zero-order chi connectivity index (χ0) is 16.5. The number of anilines is 1. The van der Waals surface area contributed by atoms with Gasteiger partial charge < -0.3 is 4.90 Å². The van der Waals surface area contributed by atoms with E-state index in [1.807, 2.05) is 24.3 Å². The molecule has 1 aliphatic rings. The van der Waals surface area contributed by atoms with Crippen LogP contribution >= 0.6 is 0 Å². The molecule has 4 nitrogen and oxygen atoms in total. The first-order valence-corrected chi connectivity index (χ1v) is 7.65. The molecule has 118 valence electrons. The number of pyridine rings is 2. The summed E-state index contributed by atoms with van der Waals surface area (Å²) in [4.78, 5) is 22.5. The van der Waals surface area contributed by atoms with Crippen LogP contribution in [0.4, 0.5) is 10.1 Å². The van der Waals surface area contributed by atoms with E-state index in [1.165, 1.54) is 12.1 Å². The van der Waals surface area contributed by atoms with Gasteiger partial charge in [0.25, 0.3) is 0 Å². The summed E-state index contributed by atoms with van der Waals surface area (Å²) in [5, 5.41) is 0. The van der Waals surface area contributed by atoms with E-state index in [-0.39, 0.29) is 11.7 Å². The summed E-state index contributed by atoms with van der Waals surface area (Å²) >= 11 is 0. The number of carbonyl (C=O) groups is 1. The molecule has 0 spiro atoms. The van der Waals surface area contributed by atoms with Gasteiger partial charge in [-0.15, -0.1) is 0 Å². The van der Waals surface area contributed by atoms with E-state index >= 15 is 0 Å². The minimum absolute atomic E-state index is 0.0118. The second-order valence-electron chi connectivity index (χ2n) is 5.72. The van der Waals surface area contributed by atoms with Crippen molar-refractivity contribution in [2.24, 2.45) is 0 Å². The van der Waals surface area contributed by atoms with Crippen molar-refractivity contribution in [1.82, 2.24) is 9.97 Å². The lowest BCUT2D eigenvalue weighted by Crippen LogP contribution is -2.26. The molecule has 1 aliphatic heterocycles. The van der Waals surface area contributed by atoms with Crippen LogP contribution < -0.4 is 4.90 Å². The van der Waals surface area contributed by atoms with Crippen LogP contribution in [0.1, 0.15) is 11.3 Å². The molecule has 3 aromatic rings. The molecule has 0 bridgehead atoms. The van der Waals surface area contributed by atoms with Crippen LogP contribution in [0.2, 0.25) is 0 Å². The van der Waals surface area contributed by atoms with Crippen molar-refractivity contribution in [1.29, 1.82) is 0 Å². The van der Waals surface area contributed by atoms with E-state index in [0.29, 0.717) is 13.0 Å². The highest BCUT2D eigenvalue weighted by atomic mass is 19.1. The molecule has 0 radical (unpaired) electrons. The number of benzene rings is 1. The van der Waals surface area contributed by atoms with Crippen molar-refractivity contribution in [3.63, 3.8) is 0 Å². The summed E-state index contributed by atoms with van der Waals surface area (Å²) in [7, 11) is 0. The molecule has 0 saturated carbocycles. The molecule has 0 saturated heterocycles. The second kappa shape index (κ2) is 5.85. The summed E-state index contributed by atoms with van der Waals surface area (Å²) < 4.78 is 13.5. The van der Waals surface area contributed by atoms with Crippen LogP contribution in [-0.4, -0.2) is 15.9 Å². The molecule has 0 atom stereocenters. The van der Waals surface area contributed by atoms with Crippen molar-refractivity contribution in [3.8, 4) is 11.1 Å². The lowest BCUT2D eigenvalue weighted by Gasteiger charge is -2.17. The second-order valence-corrected chi connectivity index (χ2v) is 5.72. The predicted octanol–water partition coefficient (Wildman–Crippen LogP) is 3.37. The predicted molar refractivity (Wildman–Crippen MR) is 88.8 cm³/mol. The molecule has 0 unspecified atom stereocenters. The summed E-state index contributed by atoms with van der Waals surface area (Å²) in [5.74, 6) is -0.283. The number of aromatic nitrogens is 2. The van der Waals surface area contributed by atoms with Gasteiger partial charge in [-0.05, 0) is 35.4 Å². The third-order valence-corrected chi connectivity index (χ3v) is 4.08. The first-order chi connectivity index (χ1) is 11.7. The average molecular weight is 319 g/mol. The third kappa shape index (κ3) is 2.65. The molecule has 3 heterocycles.